The number of nitrogens with zero attached hydrogens (tertiary/aromatic N) is 1. The minimum Gasteiger partial charge on any atom is -0.326 e. The van der Waals surface area contributed by atoms with E-state index < -0.39 is 0 Å². The number of anilines is 1. The van der Waals surface area contributed by atoms with E-state index in [4.69, 9.17) is 0 Å². The molecule has 5 nitrogen and oxygen atoms in total. The number of rotatable bonds is 4. The Labute approximate surface area is 185 Å². The zero-order valence-electron chi connectivity index (χ0n) is 18.4. The summed E-state index contributed by atoms with van der Waals surface area (Å²) in [6.45, 7) is 8.49. The number of hydrogen-bond acceptors (Lipinski definition) is 4. The van der Waals surface area contributed by atoms with E-state index in [0.717, 1.165) is 35.0 Å². The maximum atomic E-state index is 13.7. The van der Waals surface area contributed by atoms with E-state index in [1.54, 1.807) is 30.4 Å². The van der Waals surface area contributed by atoms with Crippen molar-refractivity contribution in [2.75, 3.05) is 5.32 Å². The molecule has 31 heavy (non-hydrogen) atoms. The molecule has 2 aromatic heterocycles. The third kappa shape index (κ3) is 4.56. The van der Waals surface area contributed by atoms with Gasteiger partial charge in [0.2, 0.25) is 5.91 Å². The van der Waals surface area contributed by atoms with Crippen molar-refractivity contribution in [3.05, 3.63) is 56.2 Å². The third-order valence-corrected chi connectivity index (χ3v) is 7.39. The number of halogens is 1. The van der Waals surface area contributed by atoms with Gasteiger partial charge >= 0.3 is 0 Å². The number of aryl methyl sites for hydroxylation is 3. The Hall–Kier alpha value is -2.54. The van der Waals surface area contributed by atoms with Gasteiger partial charge in [-0.25, -0.2) is 9.37 Å². The van der Waals surface area contributed by atoms with Crippen LogP contribution in [0.2, 0.25) is 0 Å². The van der Waals surface area contributed by atoms with Crippen LogP contribution in [-0.4, -0.2) is 15.9 Å². The number of nitrogens with one attached hydrogen (secondary N) is 2. The smallest absolute Gasteiger partial charge is 0.259 e. The largest absolute Gasteiger partial charge is 0.326 e. The highest BCUT2D eigenvalue weighted by Crippen LogP contribution is 2.41. The normalized spacial score (nSPS) is 16.4. The average Bonchev–Trinajstić information content (AvgIpc) is 3.06. The fourth-order valence-corrected chi connectivity index (χ4v) is 5.53. The first-order valence-electron chi connectivity index (χ1n) is 10.7. The minimum atomic E-state index is -0.357. The van der Waals surface area contributed by atoms with E-state index in [1.807, 2.05) is 0 Å². The monoisotopic (exact) mass is 441 g/mol. The predicted octanol–water partition coefficient (Wildman–Crippen LogP) is 5.15. The van der Waals surface area contributed by atoms with Crippen LogP contribution in [0.3, 0.4) is 0 Å². The summed E-state index contributed by atoms with van der Waals surface area (Å²) in [6, 6.07) is 4.60. The second-order valence-corrected chi connectivity index (χ2v) is 10.6. The fraction of sp³-hybridized carbons (Fsp3) is 0.458. The Morgan fingerprint density at radius 3 is 2.84 bits per heavy atom. The predicted molar refractivity (Wildman–Crippen MR) is 123 cm³/mol. The van der Waals surface area contributed by atoms with Crippen LogP contribution in [0.5, 0.6) is 0 Å². The zero-order chi connectivity index (χ0) is 22.3. The molecule has 0 saturated heterocycles. The topological polar surface area (TPSA) is 74.8 Å². The van der Waals surface area contributed by atoms with E-state index >= 15 is 0 Å². The molecule has 2 heterocycles. The lowest BCUT2D eigenvalue weighted by Gasteiger charge is -2.33. The van der Waals surface area contributed by atoms with Crippen molar-refractivity contribution in [1.82, 2.24) is 9.97 Å². The molecule has 4 rings (SSSR count). The summed E-state index contributed by atoms with van der Waals surface area (Å²) >= 11 is 1.61. The van der Waals surface area contributed by atoms with E-state index in [-0.39, 0.29) is 29.1 Å². The maximum Gasteiger partial charge on any atom is 0.259 e. The average molecular weight is 442 g/mol. The number of aromatic amines is 1. The highest BCUT2D eigenvalue weighted by atomic mass is 32.1. The number of carbonyl (C=O) groups excluding carboxylic acids is 1. The first kappa shape index (κ1) is 21.7. The van der Waals surface area contributed by atoms with E-state index in [1.165, 1.54) is 10.9 Å². The molecule has 1 atom stereocenters. The standard InChI is InChI=1S/C24H28FN3O2S/c1-13-5-7-15(12-17(13)25)26-20(29)10-9-19-27-22(30)21-16-8-6-14(24(2,3)4)11-18(16)31-23(21)28-19/h5,7,12,14H,6,8-11H2,1-4H3,(H,26,29)(H,27,28,30). The molecule has 3 aromatic rings. The highest BCUT2D eigenvalue weighted by molar-refractivity contribution is 7.18. The van der Waals surface area contributed by atoms with Gasteiger partial charge in [0.25, 0.3) is 5.56 Å². The molecule has 0 fully saturated rings. The number of benzene rings is 1. The Bertz CT molecular complexity index is 1210. The lowest BCUT2D eigenvalue weighted by molar-refractivity contribution is -0.116. The number of fused-ring (bicyclic) bond motifs is 3. The molecular weight excluding hydrogens is 413 g/mol. The summed E-state index contributed by atoms with van der Waals surface area (Å²) < 4.78 is 13.7. The molecule has 0 spiro atoms. The number of aromatic nitrogens is 2. The first-order valence-corrected chi connectivity index (χ1v) is 11.5. The van der Waals surface area contributed by atoms with E-state index in [0.29, 0.717) is 29.4 Å². The van der Waals surface area contributed by atoms with Crippen LogP contribution in [0, 0.1) is 24.1 Å². The molecular formula is C24H28FN3O2S. The summed E-state index contributed by atoms with van der Waals surface area (Å²) in [6.07, 6.45) is 3.46. The Balaban J connectivity index is 1.48. The second-order valence-electron chi connectivity index (χ2n) is 9.51. The molecule has 164 valence electrons. The zero-order valence-corrected chi connectivity index (χ0v) is 19.2. The molecule has 0 bridgehead atoms. The number of H-pyrrole nitrogens is 1. The van der Waals surface area contributed by atoms with Crippen LogP contribution in [0.25, 0.3) is 10.2 Å². The van der Waals surface area contributed by atoms with Gasteiger partial charge in [-0.1, -0.05) is 26.8 Å². The summed E-state index contributed by atoms with van der Waals surface area (Å²) in [5, 5.41) is 3.41. The SMILES string of the molecule is Cc1ccc(NC(=O)CCc2nc3sc4c(c3c(=O)[nH]2)CCC(C(C)(C)C)C4)cc1F. The molecule has 0 aliphatic heterocycles. The summed E-state index contributed by atoms with van der Waals surface area (Å²) in [5.74, 6) is 0.504. The second kappa shape index (κ2) is 8.19. The molecule has 2 N–H and O–H groups in total. The molecule has 1 amide bonds. The van der Waals surface area contributed by atoms with Gasteiger partial charge in [0, 0.05) is 23.4 Å². The molecule has 1 aliphatic rings. The van der Waals surface area contributed by atoms with Crippen molar-refractivity contribution in [3.8, 4) is 0 Å². The van der Waals surface area contributed by atoms with Gasteiger partial charge in [0.05, 0.1) is 5.39 Å². The maximum absolute atomic E-state index is 13.7. The Morgan fingerprint density at radius 1 is 1.35 bits per heavy atom. The molecule has 0 saturated carbocycles. The molecule has 7 heteroatoms. The summed E-state index contributed by atoms with van der Waals surface area (Å²) in [4.78, 5) is 34.6. The lowest BCUT2D eigenvalue weighted by Crippen LogP contribution is -2.26. The number of carbonyl (C=O) groups is 1. The Morgan fingerprint density at radius 2 is 2.13 bits per heavy atom. The quantitative estimate of drug-likeness (QED) is 0.588. The number of hydrogen-bond donors (Lipinski definition) is 2. The summed E-state index contributed by atoms with van der Waals surface area (Å²) in [7, 11) is 0. The van der Waals surface area contributed by atoms with Gasteiger partial charge in [-0.15, -0.1) is 11.3 Å². The van der Waals surface area contributed by atoms with E-state index in [9.17, 15) is 14.0 Å². The summed E-state index contributed by atoms with van der Waals surface area (Å²) in [5.41, 5.74) is 2.23. The fourth-order valence-electron chi connectivity index (χ4n) is 4.21. The van der Waals surface area contributed by atoms with Crippen molar-refractivity contribution < 1.29 is 9.18 Å². The number of amides is 1. The molecule has 1 aromatic carbocycles. The minimum absolute atomic E-state index is 0.118. The van der Waals surface area contributed by atoms with Gasteiger partial charge in [-0.3, -0.25) is 9.59 Å². The van der Waals surface area contributed by atoms with Crippen LogP contribution >= 0.6 is 11.3 Å². The molecule has 1 unspecified atom stereocenters. The van der Waals surface area contributed by atoms with Crippen LogP contribution < -0.4 is 10.9 Å². The van der Waals surface area contributed by atoms with E-state index in [2.05, 4.69) is 36.1 Å². The van der Waals surface area contributed by atoms with Crippen molar-refractivity contribution in [1.29, 1.82) is 0 Å². The van der Waals surface area contributed by atoms with Crippen molar-refractivity contribution >= 4 is 33.1 Å². The Kier molecular flexibility index (Phi) is 5.73. The van der Waals surface area contributed by atoms with Crippen LogP contribution in [0.1, 0.15) is 55.4 Å². The molecule has 0 radical (unpaired) electrons. The van der Waals surface area contributed by atoms with Gasteiger partial charge < -0.3 is 10.3 Å². The lowest BCUT2D eigenvalue weighted by atomic mass is 9.72. The number of thiophene rings is 1. The van der Waals surface area contributed by atoms with Crippen molar-refractivity contribution in [2.45, 2.75) is 59.8 Å². The van der Waals surface area contributed by atoms with Gasteiger partial charge in [0.15, 0.2) is 0 Å². The highest BCUT2D eigenvalue weighted by Gasteiger charge is 2.31. The van der Waals surface area contributed by atoms with Gasteiger partial charge in [-0.2, -0.15) is 0 Å². The third-order valence-electron chi connectivity index (χ3n) is 6.24. The molecule has 1 aliphatic carbocycles. The van der Waals surface area contributed by atoms with Gasteiger partial charge in [-0.05, 0) is 60.8 Å². The van der Waals surface area contributed by atoms with Crippen LogP contribution in [0.4, 0.5) is 10.1 Å². The van der Waals surface area contributed by atoms with Crippen molar-refractivity contribution in [2.24, 2.45) is 11.3 Å². The van der Waals surface area contributed by atoms with Crippen molar-refractivity contribution in [3.63, 3.8) is 0 Å². The van der Waals surface area contributed by atoms with Gasteiger partial charge in [0.1, 0.15) is 16.5 Å². The first-order chi connectivity index (χ1) is 14.6. The van der Waals surface area contributed by atoms with Crippen LogP contribution in [0.15, 0.2) is 23.0 Å². The van der Waals surface area contributed by atoms with Crippen LogP contribution in [-0.2, 0) is 24.1 Å².